The SMILES string of the molecule is CC(C)(C)OC(=O)N1C2CC1CN(C(=O)C(F)(F)F)C2. The Kier molecular flexibility index (Phi) is 3.38. The molecule has 0 spiro atoms. The van der Waals surface area contributed by atoms with Gasteiger partial charge in [-0.05, 0) is 27.2 Å². The van der Waals surface area contributed by atoms with Crippen molar-refractivity contribution in [1.82, 2.24) is 9.80 Å². The van der Waals surface area contributed by atoms with Crippen LogP contribution in [0.5, 0.6) is 0 Å². The van der Waals surface area contributed by atoms with E-state index in [1.54, 1.807) is 20.8 Å². The fourth-order valence-electron chi connectivity index (χ4n) is 2.57. The number of carbonyl (C=O) groups is 2. The molecule has 2 bridgehead atoms. The summed E-state index contributed by atoms with van der Waals surface area (Å²) in [5, 5.41) is 0. The molecule has 0 aromatic heterocycles. The molecule has 114 valence electrons. The van der Waals surface area contributed by atoms with Gasteiger partial charge in [0, 0.05) is 13.1 Å². The minimum absolute atomic E-state index is 0.0892. The monoisotopic (exact) mass is 294 g/mol. The molecular weight excluding hydrogens is 277 g/mol. The van der Waals surface area contributed by atoms with Crippen LogP contribution in [-0.2, 0) is 9.53 Å². The second-order valence-electron chi connectivity index (χ2n) is 6.14. The average Bonchev–Trinajstić information content (AvgIpc) is 2.23. The Labute approximate surface area is 114 Å². The summed E-state index contributed by atoms with van der Waals surface area (Å²) in [5.74, 6) is -1.84. The predicted octanol–water partition coefficient (Wildman–Crippen LogP) is 1.77. The Morgan fingerprint density at radius 2 is 1.60 bits per heavy atom. The number of hydrogen-bond acceptors (Lipinski definition) is 3. The summed E-state index contributed by atoms with van der Waals surface area (Å²) >= 11 is 0. The Balaban J connectivity index is 1.96. The summed E-state index contributed by atoms with van der Waals surface area (Å²) < 4.78 is 42.3. The zero-order valence-corrected chi connectivity index (χ0v) is 11.5. The number of hydrogen-bond donors (Lipinski definition) is 0. The molecule has 0 N–H and O–H groups in total. The van der Waals surface area contributed by atoms with Crippen LogP contribution >= 0.6 is 0 Å². The standard InChI is InChI=1S/C12H17F3N2O3/c1-11(2,3)20-10(19)17-7-4-8(17)6-16(5-7)9(18)12(13,14)15/h7-8H,4-6H2,1-3H3. The third-order valence-corrected chi connectivity index (χ3v) is 3.33. The molecule has 0 aromatic carbocycles. The third kappa shape index (κ3) is 2.83. The van der Waals surface area contributed by atoms with E-state index in [4.69, 9.17) is 4.74 Å². The van der Waals surface area contributed by atoms with Gasteiger partial charge in [-0.15, -0.1) is 0 Å². The second-order valence-corrected chi connectivity index (χ2v) is 6.14. The third-order valence-electron chi connectivity index (χ3n) is 3.33. The van der Waals surface area contributed by atoms with Gasteiger partial charge in [-0.3, -0.25) is 9.69 Å². The van der Waals surface area contributed by atoms with Crippen molar-refractivity contribution >= 4 is 12.0 Å². The van der Waals surface area contributed by atoms with E-state index < -0.39 is 23.8 Å². The van der Waals surface area contributed by atoms with Gasteiger partial charge in [-0.1, -0.05) is 0 Å². The fourth-order valence-corrected chi connectivity index (χ4v) is 2.57. The number of carbonyl (C=O) groups excluding carboxylic acids is 2. The van der Waals surface area contributed by atoms with Crippen molar-refractivity contribution in [1.29, 1.82) is 0 Å². The van der Waals surface area contributed by atoms with E-state index in [2.05, 4.69) is 0 Å². The van der Waals surface area contributed by atoms with Gasteiger partial charge in [-0.2, -0.15) is 13.2 Å². The molecule has 3 aliphatic heterocycles. The first kappa shape index (κ1) is 14.9. The van der Waals surface area contributed by atoms with Gasteiger partial charge in [0.25, 0.3) is 0 Å². The summed E-state index contributed by atoms with van der Waals surface area (Å²) in [7, 11) is 0. The lowest BCUT2D eigenvalue weighted by atomic mass is 9.88. The van der Waals surface area contributed by atoms with E-state index >= 15 is 0 Å². The van der Waals surface area contributed by atoms with E-state index in [1.165, 1.54) is 4.90 Å². The van der Waals surface area contributed by atoms with Crippen LogP contribution in [0.3, 0.4) is 0 Å². The maximum absolute atomic E-state index is 12.4. The van der Waals surface area contributed by atoms with Gasteiger partial charge in [-0.25, -0.2) is 4.79 Å². The number of rotatable bonds is 0. The number of piperidine rings is 1. The van der Waals surface area contributed by atoms with Gasteiger partial charge in [0.1, 0.15) is 5.60 Å². The van der Waals surface area contributed by atoms with Crippen molar-refractivity contribution in [2.45, 2.75) is 51.1 Å². The van der Waals surface area contributed by atoms with Crippen LogP contribution < -0.4 is 0 Å². The molecule has 3 fully saturated rings. The lowest BCUT2D eigenvalue weighted by Crippen LogP contribution is -2.72. The first-order valence-corrected chi connectivity index (χ1v) is 6.36. The molecule has 0 aliphatic carbocycles. The smallest absolute Gasteiger partial charge is 0.444 e. The topological polar surface area (TPSA) is 49.9 Å². The molecule has 5 nitrogen and oxygen atoms in total. The Morgan fingerprint density at radius 3 is 2.00 bits per heavy atom. The maximum atomic E-state index is 12.4. The summed E-state index contributed by atoms with van der Waals surface area (Å²) in [6.07, 6.45) is -4.78. The predicted molar refractivity (Wildman–Crippen MR) is 62.9 cm³/mol. The van der Waals surface area contributed by atoms with Crippen LogP contribution in [0.4, 0.5) is 18.0 Å². The lowest BCUT2D eigenvalue weighted by molar-refractivity contribution is -0.193. The highest BCUT2D eigenvalue weighted by atomic mass is 19.4. The highest BCUT2D eigenvalue weighted by Crippen LogP contribution is 2.35. The Hall–Kier alpha value is -1.47. The van der Waals surface area contributed by atoms with Crippen molar-refractivity contribution in [3.8, 4) is 0 Å². The van der Waals surface area contributed by atoms with Gasteiger partial charge in [0.05, 0.1) is 12.1 Å². The number of fused-ring (bicyclic) bond motifs is 2. The lowest BCUT2D eigenvalue weighted by Gasteiger charge is -2.55. The first-order chi connectivity index (χ1) is 8.99. The average molecular weight is 294 g/mol. The van der Waals surface area contributed by atoms with E-state index in [1.807, 2.05) is 0 Å². The van der Waals surface area contributed by atoms with E-state index in [-0.39, 0.29) is 25.2 Å². The molecular formula is C12H17F3N2O3. The first-order valence-electron chi connectivity index (χ1n) is 6.36. The minimum Gasteiger partial charge on any atom is -0.444 e. The normalized spacial score (nSPS) is 26.1. The molecule has 3 saturated heterocycles. The summed E-state index contributed by atoms with van der Waals surface area (Å²) in [4.78, 5) is 25.3. The summed E-state index contributed by atoms with van der Waals surface area (Å²) in [6.45, 7) is 4.99. The molecule has 0 aromatic rings. The maximum Gasteiger partial charge on any atom is 0.471 e. The number of amides is 2. The van der Waals surface area contributed by atoms with E-state index in [0.29, 0.717) is 6.42 Å². The zero-order chi connectivity index (χ0) is 15.3. The van der Waals surface area contributed by atoms with Crippen LogP contribution in [0.25, 0.3) is 0 Å². The van der Waals surface area contributed by atoms with Crippen molar-refractivity contribution in [2.75, 3.05) is 13.1 Å². The fraction of sp³-hybridized carbons (Fsp3) is 0.833. The highest BCUT2D eigenvalue weighted by molar-refractivity contribution is 5.82. The Morgan fingerprint density at radius 1 is 1.10 bits per heavy atom. The summed E-state index contributed by atoms with van der Waals surface area (Å²) in [5.41, 5.74) is -0.650. The minimum atomic E-state index is -4.86. The molecule has 3 aliphatic rings. The van der Waals surface area contributed by atoms with E-state index in [0.717, 1.165) is 4.90 Å². The molecule has 3 heterocycles. The van der Waals surface area contributed by atoms with Crippen LogP contribution in [0.2, 0.25) is 0 Å². The molecule has 2 amide bonds. The largest absolute Gasteiger partial charge is 0.471 e. The number of ether oxygens (including phenoxy) is 1. The molecule has 8 heteroatoms. The number of alkyl halides is 3. The highest BCUT2D eigenvalue weighted by Gasteiger charge is 2.53. The van der Waals surface area contributed by atoms with Crippen LogP contribution in [-0.4, -0.2) is 58.8 Å². The molecule has 20 heavy (non-hydrogen) atoms. The summed E-state index contributed by atoms with van der Waals surface area (Å²) in [6, 6.07) is -0.759. The quantitative estimate of drug-likeness (QED) is 0.684. The number of halogens is 3. The van der Waals surface area contributed by atoms with Crippen LogP contribution in [0.1, 0.15) is 27.2 Å². The van der Waals surface area contributed by atoms with Gasteiger partial charge in [0.15, 0.2) is 0 Å². The molecule has 2 unspecified atom stereocenters. The van der Waals surface area contributed by atoms with Gasteiger partial charge >= 0.3 is 18.2 Å². The van der Waals surface area contributed by atoms with E-state index in [9.17, 15) is 22.8 Å². The molecule has 3 rings (SSSR count). The van der Waals surface area contributed by atoms with Gasteiger partial charge < -0.3 is 9.64 Å². The van der Waals surface area contributed by atoms with Crippen LogP contribution in [0.15, 0.2) is 0 Å². The molecule has 2 atom stereocenters. The van der Waals surface area contributed by atoms with Crippen molar-refractivity contribution in [2.24, 2.45) is 0 Å². The van der Waals surface area contributed by atoms with Crippen molar-refractivity contribution in [3.63, 3.8) is 0 Å². The van der Waals surface area contributed by atoms with Crippen molar-refractivity contribution in [3.05, 3.63) is 0 Å². The number of nitrogens with zero attached hydrogens (tertiary/aromatic N) is 2. The van der Waals surface area contributed by atoms with Gasteiger partial charge in [0.2, 0.25) is 0 Å². The molecule has 0 radical (unpaired) electrons. The number of piperazine rings is 1. The van der Waals surface area contributed by atoms with Crippen LogP contribution in [0, 0.1) is 0 Å². The zero-order valence-electron chi connectivity index (χ0n) is 11.5. The second kappa shape index (κ2) is 4.53. The Bertz CT molecular complexity index is 419. The van der Waals surface area contributed by atoms with Crippen molar-refractivity contribution < 1.29 is 27.5 Å². The molecule has 0 saturated carbocycles.